The molecule has 0 bridgehead atoms. The van der Waals surface area contributed by atoms with Crippen LogP contribution in [0.2, 0.25) is 0 Å². The molecule has 0 radical (unpaired) electrons. The summed E-state index contributed by atoms with van der Waals surface area (Å²) < 4.78 is 7.17. The van der Waals surface area contributed by atoms with Crippen molar-refractivity contribution < 1.29 is 0 Å². The zero-order valence-electron chi connectivity index (χ0n) is 49.9. The minimum Gasteiger partial charge on any atom is -0.307 e. The van der Waals surface area contributed by atoms with Gasteiger partial charge in [-0.05, 0) is 145 Å². The molecule has 11 rings (SSSR count). The first-order valence-electron chi connectivity index (χ1n) is 28.2. The summed E-state index contributed by atoms with van der Waals surface area (Å²) in [5.41, 5.74) is 16.6. The average Bonchev–Trinajstić information content (AvgIpc) is 2.94. The largest absolute Gasteiger partial charge is 0.307 e. The Morgan fingerprint density at radius 3 is 0.949 bits per heavy atom. The number of benzene rings is 7. The summed E-state index contributed by atoms with van der Waals surface area (Å²) in [6.07, 6.45) is 2.04. The van der Waals surface area contributed by atoms with Gasteiger partial charge in [0.25, 0.3) is 0 Å². The van der Waals surface area contributed by atoms with E-state index in [4.69, 9.17) is 4.98 Å². The first-order valence-corrected chi connectivity index (χ1v) is 28.2. The lowest BCUT2D eigenvalue weighted by Crippen LogP contribution is -2.13. The molecule has 0 unspecified atom stereocenters. The molecule has 0 aliphatic heterocycles. The molecule has 0 aliphatic carbocycles. The van der Waals surface area contributed by atoms with Crippen molar-refractivity contribution in [1.82, 2.24) is 18.7 Å². The normalized spacial score (nSPS) is 13.2. The second kappa shape index (κ2) is 17.8. The zero-order valence-corrected chi connectivity index (χ0v) is 49.9. The number of nitriles is 2. The van der Waals surface area contributed by atoms with E-state index >= 15 is 0 Å². The highest BCUT2D eigenvalue weighted by Gasteiger charge is 2.32. The number of fused-ring (bicyclic) bond motifs is 9. The topological polar surface area (TPSA) is 75.3 Å². The van der Waals surface area contributed by atoms with E-state index in [1.54, 1.807) is 6.07 Å². The molecule has 0 saturated heterocycles. The molecule has 0 atom stereocenters. The number of hydrogen-bond acceptors (Lipinski definition) is 3. The van der Waals surface area contributed by atoms with Crippen molar-refractivity contribution in [1.29, 1.82) is 10.5 Å². The Kier molecular flexibility index (Phi) is 12.0. The maximum absolute atomic E-state index is 11.5. The molecule has 0 saturated carbocycles. The van der Waals surface area contributed by atoms with Gasteiger partial charge in [-0.15, -0.1) is 0 Å². The van der Waals surface area contributed by atoms with Gasteiger partial charge in [-0.2, -0.15) is 10.5 Å². The number of pyridine rings is 1. The summed E-state index contributed by atoms with van der Waals surface area (Å²) in [5, 5.41) is 29.3. The fourth-order valence-electron chi connectivity index (χ4n) is 11.9. The highest BCUT2D eigenvalue weighted by molar-refractivity contribution is 6.15. The standard InChI is InChI=1S/C73H76N6/c1-68(2,3)44-22-28-58-51(34-44)52-35-45(69(4,5)6)23-29-59(52)77(58)64-42-76-67(79-62-32-26-48(72(13,14)15)38-55(62)56-39-49(73(16,17)18)27-33-63(56)79)66(65(64)50-21-19-20-43(40-74)57(50)41-75)78-60-30-24-46(70(7,8)9)36-53(60)54-37-47(71(10,11)12)25-31-61(54)78/h19-39,42H,1-18H3. The highest BCUT2D eigenvalue weighted by Crippen LogP contribution is 2.49. The fourth-order valence-corrected chi connectivity index (χ4v) is 11.9. The fraction of sp³-hybridized carbons (Fsp3) is 0.329. The number of aromatic nitrogens is 4. The molecule has 79 heavy (non-hydrogen) atoms. The van der Waals surface area contributed by atoms with E-state index in [0.717, 1.165) is 82.4 Å². The Bertz CT molecular complexity index is 4220. The Balaban J connectivity index is 1.44. The molecule has 0 N–H and O–H groups in total. The molecule has 11 aromatic rings. The second-order valence-corrected chi connectivity index (χ2v) is 28.5. The summed E-state index contributed by atoms with van der Waals surface area (Å²) in [5.74, 6) is 0.710. The Morgan fingerprint density at radius 1 is 0.354 bits per heavy atom. The third-order valence-corrected chi connectivity index (χ3v) is 16.7. The van der Waals surface area contributed by atoms with Gasteiger partial charge >= 0.3 is 0 Å². The highest BCUT2D eigenvalue weighted by atomic mass is 15.1. The minimum absolute atomic E-state index is 0.105. The van der Waals surface area contributed by atoms with Gasteiger partial charge in [-0.3, -0.25) is 4.57 Å². The third kappa shape index (κ3) is 8.71. The number of rotatable bonds is 4. The Morgan fingerprint density at radius 2 is 0.658 bits per heavy atom. The predicted molar refractivity (Wildman–Crippen MR) is 334 cm³/mol. The van der Waals surface area contributed by atoms with Crippen molar-refractivity contribution in [2.24, 2.45) is 0 Å². The first-order chi connectivity index (χ1) is 36.9. The van der Waals surface area contributed by atoms with Crippen LogP contribution < -0.4 is 0 Å². The molecule has 0 fully saturated rings. The minimum atomic E-state index is -0.126. The molecule has 398 valence electrons. The van der Waals surface area contributed by atoms with Crippen molar-refractivity contribution in [3.05, 3.63) is 178 Å². The molecular weight excluding hydrogens is 961 g/mol. The van der Waals surface area contributed by atoms with Gasteiger partial charge in [0.15, 0.2) is 5.82 Å². The lowest BCUT2D eigenvalue weighted by Gasteiger charge is -2.25. The maximum Gasteiger partial charge on any atom is 0.162 e. The van der Waals surface area contributed by atoms with Crippen molar-refractivity contribution in [2.75, 3.05) is 0 Å². The van der Waals surface area contributed by atoms with Crippen LogP contribution in [0.3, 0.4) is 0 Å². The molecule has 7 aromatic carbocycles. The smallest absolute Gasteiger partial charge is 0.162 e. The van der Waals surface area contributed by atoms with Gasteiger partial charge in [0, 0.05) is 43.4 Å². The molecule has 0 aliphatic rings. The van der Waals surface area contributed by atoms with Crippen LogP contribution in [-0.2, 0) is 32.5 Å². The molecule has 6 heteroatoms. The van der Waals surface area contributed by atoms with Gasteiger partial charge in [0.2, 0.25) is 0 Å². The molecular formula is C73H76N6. The SMILES string of the molecule is CC(C)(C)c1ccc2c(c1)c1cc(C(C)(C)C)ccc1n2-c1cnc(-n2c3ccc(C(C)(C)C)cc3c3cc(C(C)(C)C)ccc32)c(-n2c3ccc(C(C)(C)C)cc3c3cc(C(C)(C)C)ccc32)c1-c1cccc(C#N)c1C#N. The average molecular weight is 1040 g/mol. The van der Waals surface area contributed by atoms with Crippen LogP contribution in [0.25, 0.3) is 93.7 Å². The van der Waals surface area contributed by atoms with Crippen LogP contribution in [0.5, 0.6) is 0 Å². The van der Waals surface area contributed by atoms with E-state index in [1.807, 2.05) is 18.3 Å². The van der Waals surface area contributed by atoms with Gasteiger partial charge in [-0.1, -0.05) is 173 Å². The van der Waals surface area contributed by atoms with E-state index in [9.17, 15) is 10.5 Å². The number of hydrogen-bond donors (Lipinski definition) is 0. The van der Waals surface area contributed by atoms with Gasteiger partial charge < -0.3 is 9.13 Å². The number of nitrogens with zero attached hydrogens (tertiary/aromatic N) is 6. The lowest BCUT2D eigenvalue weighted by molar-refractivity contribution is 0.590. The van der Waals surface area contributed by atoms with Crippen LogP contribution in [0.15, 0.2) is 134 Å². The monoisotopic (exact) mass is 1040 g/mol. The molecule has 0 amide bonds. The van der Waals surface area contributed by atoms with Crippen LogP contribution in [0, 0.1) is 22.7 Å². The van der Waals surface area contributed by atoms with E-state index in [-0.39, 0.29) is 32.5 Å². The summed E-state index contributed by atoms with van der Waals surface area (Å²) in [6.45, 7) is 41.0. The third-order valence-electron chi connectivity index (χ3n) is 16.7. The van der Waals surface area contributed by atoms with E-state index in [0.29, 0.717) is 22.5 Å². The van der Waals surface area contributed by atoms with Crippen LogP contribution in [0.4, 0.5) is 0 Å². The van der Waals surface area contributed by atoms with Gasteiger partial charge in [0.1, 0.15) is 12.1 Å². The molecule has 4 heterocycles. The van der Waals surface area contributed by atoms with Crippen molar-refractivity contribution in [3.63, 3.8) is 0 Å². The van der Waals surface area contributed by atoms with Crippen LogP contribution in [-0.4, -0.2) is 18.7 Å². The summed E-state index contributed by atoms with van der Waals surface area (Å²) in [6, 6.07) is 52.4. The van der Waals surface area contributed by atoms with Gasteiger partial charge in [-0.25, -0.2) is 4.98 Å². The maximum atomic E-state index is 11.5. The quantitative estimate of drug-likeness (QED) is 0.176. The van der Waals surface area contributed by atoms with Gasteiger partial charge in [0.05, 0.1) is 61.8 Å². The van der Waals surface area contributed by atoms with Crippen molar-refractivity contribution in [3.8, 4) is 40.5 Å². The molecule has 0 spiro atoms. The Hall–Kier alpha value is -7.93. The summed E-state index contributed by atoms with van der Waals surface area (Å²) in [4.78, 5) is 5.89. The predicted octanol–water partition coefficient (Wildman–Crippen LogP) is 19.6. The van der Waals surface area contributed by atoms with Crippen molar-refractivity contribution in [2.45, 2.75) is 157 Å². The van der Waals surface area contributed by atoms with Crippen molar-refractivity contribution >= 4 is 65.4 Å². The van der Waals surface area contributed by atoms with E-state index in [1.165, 1.54) is 33.4 Å². The lowest BCUT2D eigenvalue weighted by atomic mass is 9.85. The summed E-state index contributed by atoms with van der Waals surface area (Å²) in [7, 11) is 0. The Labute approximate surface area is 468 Å². The molecule has 4 aromatic heterocycles. The summed E-state index contributed by atoms with van der Waals surface area (Å²) >= 11 is 0. The van der Waals surface area contributed by atoms with E-state index < -0.39 is 0 Å². The van der Waals surface area contributed by atoms with Crippen LogP contribution >= 0.6 is 0 Å². The molecule has 6 nitrogen and oxygen atoms in total. The van der Waals surface area contributed by atoms with E-state index in [2.05, 4.69) is 260 Å². The zero-order chi connectivity index (χ0) is 56.8. The first kappa shape index (κ1) is 53.1. The second-order valence-electron chi connectivity index (χ2n) is 28.5. The van der Waals surface area contributed by atoms with Crippen LogP contribution in [0.1, 0.15) is 169 Å².